The Kier molecular flexibility index (Phi) is 6.90. The van der Waals surface area contributed by atoms with Gasteiger partial charge >= 0.3 is 0 Å². The van der Waals surface area contributed by atoms with Crippen molar-refractivity contribution in [1.82, 2.24) is 19.8 Å². The van der Waals surface area contributed by atoms with Gasteiger partial charge in [-0.25, -0.2) is 9.37 Å². The number of halogens is 1. The van der Waals surface area contributed by atoms with E-state index >= 15 is 0 Å². The number of hydrogen-bond donors (Lipinski definition) is 1. The van der Waals surface area contributed by atoms with Crippen LogP contribution in [0.25, 0.3) is 11.0 Å². The first kappa shape index (κ1) is 21.4. The standard InChI is InChI=1S/C26H39FN4/c27-22-10-11-25-24(17-22)29-26(21-9-6-14-28-18-21)31(25)23-12-15-30(16-13-23)19-20-7-4-2-1-3-5-8-20/h10-11,17,20-21,23,28H,1-9,12-16,18-19H2. The first-order valence-corrected chi connectivity index (χ1v) is 12.9. The van der Waals surface area contributed by atoms with Crippen molar-refractivity contribution in [2.24, 2.45) is 5.92 Å². The number of hydrogen-bond acceptors (Lipinski definition) is 3. The molecule has 4 nitrogen and oxygen atoms in total. The van der Waals surface area contributed by atoms with Gasteiger partial charge < -0.3 is 14.8 Å². The fourth-order valence-corrected chi connectivity index (χ4v) is 6.28. The van der Waals surface area contributed by atoms with Gasteiger partial charge in [0.1, 0.15) is 11.6 Å². The molecule has 1 aromatic heterocycles. The lowest BCUT2D eigenvalue weighted by Crippen LogP contribution is -2.38. The molecule has 170 valence electrons. The molecule has 2 aromatic rings. The maximum atomic E-state index is 13.9. The molecule has 0 spiro atoms. The van der Waals surface area contributed by atoms with Gasteiger partial charge in [0.2, 0.25) is 0 Å². The Morgan fingerprint density at radius 2 is 1.71 bits per heavy atom. The molecule has 1 aromatic carbocycles. The average Bonchev–Trinajstić information content (AvgIpc) is 3.15. The summed E-state index contributed by atoms with van der Waals surface area (Å²) in [5.74, 6) is 2.35. The van der Waals surface area contributed by atoms with E-state index < -0.39 is 0 Å². The van der Waals surface area contributed by atoms with Crippen molar-refractivity contribution in [3.63, 3.8) is 0 Å². The largest absolute Gasteiger partial charge is 0.324 e. The van der Waals surface area contributed by atoms with Crippen LogP contribution in [0.1, 0.15) is 88.4 Å². The molecule has 2 aliphatic heterocycles. The van der Waals surface area contributed by atoms with E-state index in [0.717, 1.165) is 30.0 Å². The number of imidazole rings is 1. The van der Waals surface area contributed by atoms with Crippen LogP contribution in [0, 0.1) is 11.7 Å². The van der Waals surface area contributed by atoms with Crippen LogP contribution in [0.5, 0.6) is 0 Å². The smallest absolute Gasteiger partial charge is 0.125 e. The van der Waals surface area contributed by atoms with Crippen LogP contribution in [0.4, 0.5) is 4.39 Å². The molecule has 3 heterocycles. The predicted molar refractivity (Wildman–Crippen MR) is 125 cm³/mol. The van der Waals surface area contributed by atoms with E-state index in [-0.39, 0.29) is 5.82 Å². The molecule has 1 N–H and O–H groups in total. The average molecular weight is 427 g/mol. The summed E-state index contributed by atoms with van der Waals surface area (Å²) in [7, 11) is 0. The van der Waals surface area contributed by atoms with Crippen molar-refractivity contribution in [3.8, 4) is 0 Å². The van der Waals surface area contributed by atoms with E-state index in [2.05, 4.69) is 14.8 Å². The summed E-state index contributed by atoms with van der Waals surface area (Å²) in [6.07, 6.45) is 14.8. The number of rotatable bonds is 4. The first-order chi connectivity index (χ1) is 15.3. The summed E-state index contributed by atoms with van der Waals surface area (Å²) in [5.41, 5.74) is 1.96. The molecule has 1 saturated carbocycles. The second-order valence-electron chi connectivity index (χ2n) is 10.3. The molecule has 1 atom stereocenters. The number of fused-ring (bicyclic) bond motifs is 1. The maximum absolute atomic E-state index is 13.9. The first-order valence-electron chi connectivity index (χ1n) is 12.9. The molecule has 3 aliphatic rings. The van der Waals surface area contributed by atoms with Gasteiger partial charge in [-0.05, 0) is 63.1 Å². The molecular formula is C26H39FN4. The van der Waals surface area contributed by atoms with Crippen molar-refractivity contribution in [3.05, 3.63) is 29.8 Å². The van der Waals surface area contributed by atoms with E-state index in [9.17, 15) is 4.39 Å². The summed E-state index contributed by atoms with van der Waals surface area (Å²) in [4.78, 5) is 7.70. The Morgan fingerprint density at radius 1 is 0.935 bits per heavy atom. The molecular weight excluding hydrogens is 387 g/mol. The molecule has 1 aliphatic carbocycles. The third-order valence-corrected chi connectivity index (χ3v) is 8.00. The van der Waals surface area contributed by atoms with Crippen molar-refractivity contribution < 1.29 is 4.39 Å². The van der Waals surface area contributed by atoms with Crippen molar-refractivity contribution >= 4 is 11.0 Å². The van der Waals surface area contributed by atoms with Crippen LogP contribution in [-0.4, -0.2) is 47.2 Å². The molecule has 0 bridgehead atoms. The Labute approximate surface area is 186 Å². The lowest BCUT2D eigenvalue weighted by molar-refractivity contribution is 0.151. The Hall–Kier alpha value is -1.46. The van der Waals surface area contributed by atoms with Gasteiger partial charge in [0.25, 0.3) is 0 Å². The number of aromatic nitrogens is 2. The summed E-state index contributed by atoms with van der Waals surface area (Å²) < 4.78 is 16.4. The highest BCUT2D eigenvalue weighted by atomic mass is 19.1. The fourth-order valence-electron chi connectivity index (χ4n) is 6.28. The normalized spacial score (nSPS) is 25.5. The number of likely N-dealkylation sites (tertiary alicyclic amines) is 1. The number of nitrogens with one attached hydrogen (secondary N) is 1. The van der Waals surface area contributed by atoms with Crippen molar-refractivity contribution in [2.75, 3.05) is 32.7 Å². The highest BCUT2D eigenvalue weighted by Gasteiger charge is 2.29. The highest BCUT2D eigenvalue weighted by molar-refractivity contribution is 5.76. The van der Waals surface area contributed by atoms with Gasteiger partial charge in [-0.2, -0.15) is 0 Å². The minimum absolute atomic E-state index is 0.181. The van der Waals surface area contributed by atoms with E-state index in [1.54, 1.807) is 12.1 Å². The van der Waals surface area contributed by atoms with Crippen LogP contribution in [0.3, 0.4) is 0 Å². The van der Waals surface area contributed by atoms with Crippen molar-refractivity contribution in [1.29, 1.82) is 0 Å². The predicted octanol–water partition coefficient (Wildman–Crippen LogP) is 5.64. The summed E-state index contributed by atoms with van der Waals surface area (Å²) in [5, 5.41) is 3.55. The number of benzene rings is 1. The Morgan fingerprint density at radius 3 is 2.45 bits per heavy atom. The quantitative estimate of drug-likeness (QED) is 0.687. The van der Waals surface area contributed by atoms with Gasteiger partial charge in [0, 0.05) is 44.2 Å². The second kappa shape index (κ2) is 9.99. The topological polar surface area (TPSA) is 33.1 Å². The van der Waals surface area contributed by atoms with E-state index in [1.165, 1.54) is 96.1 Å². The zero-order valence-electron chi connectivity index (χ0n) is 19.0. The molecule has 1 unspecified atom stereocenters. The van der Waals surface area contributed by atoms with Gasteiger partial charge in [0.15, 0.2) is 0 Å². The van der Waals surface area contributed by atoms with Gasteiger partial charge in [-0.15, -0.1) is 0 Å². The van der Waals surface area contributed by atoms with Crippen molar-refractivity contribution in [2.45, 2.75) is 82.6 Å². The summed E-state index contributed by atoms with van der Waals surface area (Å²) in [6, 6.07) is 5.67. The molecule has 31 heavy (non-hydrogen) atoms. The van der Waals surface area contributed by atoms with Gasteiger partial charge in [-0.1, -0.05) is 32.1 Å². The molecule has 5 rings (SSSR count). The highest BCUT2D eigenvalue weighted by Crippen LogP contribution is 2.34. The van der Waals surface area contributed by atoms with E-state index in [4.69, 9.17) is 4.98 Å². The fraction of sp³-hybridized carbons (Fsp3) is 0.731. The van der Waals surface area contributed by atoms with E-state index in [0.29, 0.717) is 12.0 Å². The third-order valence-electron chi connectivity index (χ3n) is 8.00. The minimum atomic E-state index is -0.181. The van der Waals surface area contributed by atoms with Crippen LogP contribution < -0.4 is 5.32 Å². The summed E-state index contributed by atoms with van der Waals surface area (Å²) in [6.45, 7) is 5.76. The SMILES string of the molecule is Fc1ccc2c(c1)nc(C1CCCNC1)n2C1CCN(CC2CCCCCCC2)CC1. The zero-order valence-corrected chi connectivity index (χ0v) is 19.0. The minimum Gasteiger partial charge on any atom is -0.324 e. The molecule has 2 saturated heterocycles. The lowest BCUT2D eigenvalue weighted by Gasteiger charge is -2.36. The number of piperidine rings is 2. The van der Waals surface area contributed by atoms with Crippen LogP contribution in [-0.2, 0) is 0 Å². The zero-order chi connectivity index (χ0) is 21.0. The molecule has 3 fully saturated rings. The lowest BCUT2D eigenvalue weighted by atomic mass is 9.90. The van der Waals surface area contributed by atoms with Crippen LogP contribution in [0.2, 0.25) is 0 Å². The molecule has 0 radical (unpaired) electrons. The Bertz CT molecular complexity index is 840. The second-order valence-corrected chi connectivity index (χ2v) is 10.3. The van der Waals surface area contributed by atoms with Gasteiger partial charge in [0.05, 0.1) is 11.0 Å². The molecule has 0 amide bonds. The maximum Gasteiger partial charge on any atom is 0.125 e. The number of nitrogens with zero attached hydrogens (tertiary/aromatic N) is 3. The third kappa shape index (κ3) is 4.98. The summed E-state index contributed by atoms with van der Waals surface area (Å²) >= 11 is 0. The monoisotopic (exact) mass is 426 g/mol. The Balaban J connectivity index is 1.30. The van der Waals surface area contributed by atoms with E-state index in [1.807, 2.05) is 6.07 Å². The van der Waals surface area contributed by atoms with Gasteiger partial charge in [-0.3, -0.25) is 0 Å². The van der Waals surface area contributed by atoms with Crippen LogP contribution in [0.15, 0.2) is 18.2 Å². The molecule has 5 heteroatoms. The van der Waals surface area contributed by atoms with Crippen LogP contribution >= 0.6 is 0 Å².